The van der Waals surface area contributed by atoms with E-state index in [9.17, 15) is 0 Å². The molecule has 22 heavy (non-hydrogen) atoms. The summed E-state index contributed by atoms with van der Waals surface area (Å²) in [5.41, 5.74) is 4.74. The number of hydrogen-bond donors (Lipinski definition) is 1. The van der Waals surface area contributed by atoms with Gasteiger partial charge >= 0.3 is 0 Å². The minimum atomic E-state index is 0.567. The van der Waals surface area contributed by atoms with Crippen LogP contribution in [0.25, 0.3) is 10.8 Å². The van der Waals surface area contributed by atoms with E-state index in [0.717, 1.165) is 11.4 Å². The highest BCUT2D eigenvalue weighted by molar-refractivity contribution is 5.86. The molecule has 3 aromatic carbocycles. The van der Waals surface area contributed by atoms with Gasteiger partial charge in [0.2, 0.25) is 0 Å². The second-order valence-electron chi connectivity index (χ2n) is 4.87. The molecular weight excluding hydrogens is 272 g/mol. The van der Waals surface area contributed by atoms with Gasteiger partial charge in [-0.3, -0.25) is 5.43 Å². The summed E-state index contributed by atoms with van der Waals surface area (Å²) < 4.78 is 0. The zero-order valence-electron chi connectivity index (χ0n) is 12.3. The highest BCUT2D eigenvalue weighted by Crippen LogP contribution is 2.18. The number of amidine groups is 1. The van der Waals surface area contributed by atoms with Crippen LogP contribution in [0.15, 0.2) is 88.1 Å². The normalized spacial score (nSPS) is 12.0. The Labute approximate surface area is 129 Å². The lowest BCUT2D eigenvalue weighted by Gasteiger charge is -2.03. The van der Waals surface area contributed by atoms with Crippen LogP contribution < -0.4 is 5.43 Å². The zero-order chi connectivity index (χ0) is 15.2. The Hall–Kier alpha value is -3.01. The molecule has 0 saturated heterocycles. The molecule has 0 aliphatic heterocycles. The van der Waals surface area contributed by atoms with Crippen LogP contribution in [0.3, 0.4) is 0 Å². The molecule has 3 aromatic rings. The van der Waals surface area contributed by atoms with Crippen LogP contribution in [0, 0.1) is 0 Å². The summed E-state index contributed by atoms with van der Waals surface area (Å²) in [4.78, 5) is 0. The summed E-state index contributed by atoms with van der Waals surface area (Å²) in [5.74, 6) is 0.567. The lowest BCUT2D eigenvalue weighted by atomic mass is 10.1. The van der Waals surface area contributed by atoms with E-state index >= 15 is 0 Å². The van der Waals surface area contributed by atoms with E-state index in [4.69, 9.17) is 0 Å². The molecule has 3 rings (SSSR count). The summed E-state index contributed by atoms with van der Waals surface area (Å²) in [6.45, 7) is 1.81. The van der Waals surface area contributed by atoms with Crippen molar-refractivity contribution in [2.75, 3.05) is 5.43 Å². The molecule has 0 heterocycles. The SMILES string of the molecule is C/C(N=Nc1ccccc1)=N/Nc1ccc2ccccc2c1. The Morgan fingerprint density at radius 3 is 2.36 bits per heavy atom. The lowest BCUT2D eigenvalue weighted by Crippen LogP contribution is -1.93. The average Bonchev–Trinajstić information content (AvgIpc) is 2.59. The van der Waals surface area contributed by atoms with E-state index in [1.54, 1.807) is 6.92 Å². The standard InChI is InChI=1S/C18H16N4/c1-14(19-21-17-9-3-2-4-10-17)20-22-18-12-11-15-7-5-6-8-16(15)13-18/h2-13,22H,1H3/b20-14-,21-19?. The highest BCUT2D eigenvalue weighted by Gasteiger charge is 1.95. The fraction of sp³-hybridized carbons (Fsp3) is 0.0556. The van der Waals surface area contributed by atoms with E-state index in [-0.39, 0.29) is 0 Å². The Bertz CT molecular complexity index is 823. The van der Waals surface area contributed by atoms with E-state index in [1.807, 2.05) is 48.5 Å². The highest BCUT2D eigenvalue weighted by atomic mass is 15.3. The van der Waals surface area contributed by atoms with Crippen molar-refractivity contribution in [1.82, 2.24) is 0 Å². The molecule has 4 heteroatoms. The number of hydrogen-bond acceptors (Lipinski definition) is 3. The summed E-state index contributed by atoms with van der Waals surface area (Å²) in [5, 5.41) is 14.8. The van der Waals surface area contributed by atoms with Crippen LogP contribution in [0.4, 0.5) is 11.4 Å². The van der Waals surface area contributed by atoms with Crippen molar-refractivity contribution in [1.29, 1.82) is 0 Å². The maximum Gasteiger partial charge on any atom is 0.167 e. The molecule has 0 aromatic heterocycles. The number of rotatable bonds is 3. The molecule has 0 saturated carbocycles. The smallest absolute Gasteiger partial charge is 0.167 e. The molecule has 0 amide bonds. The number of azo groups is 1. The van der Waals surface area contributed by atoms with E-state index in [0.29, 0.717) is 5.84 Å². The van der Waals surface area contributed by atoms with Gasteiger partial charge in [-0.2, -0.15) is 5.10 Å². The Balaban J connectivity index is 1.70. The molecule has 0 aliphatic carbocycles. The Morgan fingerprint density at radius 1 is 0.818 bits per heavy atom. The van der Waals surface area contributed by atoms with Crippen LogP contribution in [-0.4, -0.2) is 5.84 Å². The fourth-order valence-electron chi connectivity index (χ4n) is 2.05. The van der Waals surface area contributed by atoms with Gasteiger partial charge in [0.15, 0.2) is 5.84 Å². The van der Waals surface area contributed by atoms with Gasteiger partial charge in [0, 0.05) is 0 Å². The van der Waals surface area contributed by atoms with Gasteiger partial charge in [0.25, 0.3) is 0 Å². The molecule has 4 nitrogen and oxygen atoms in total. The minimum Gasteiger partial charge on any atom is -0.277 e. The molecule has 0 fully saturated rings. The molecule has 108 valence electrons. The van der Waals surface area contributed by atoms with Crippen molar-refractivity contribution in [2.24, 2.45) is 15.3 Å². The summed E-state index contributed by atoms with van der Waals surface area (Å²) in [6.07, 6.45) is 0. The lowest BCUT2D eigenvalue weighted by molar-refractivity contribution is 1.22. The zero-order valence-corrected chi connectivity index (χ0v) is 12.3. The first-order valence-electron chi connectivity index (χ1n) is 7.07. The van der Waals surface area contributed by atoms with Gasteiger partial charge in [0.05, 0.1) is 11.4 Å². The second kappa shape index (κ2) is 6.63. The molecule has 0 atom stereocenters. The largest absolute Gasteiger partial charge is 0.277 e. The number of nitrogens with zero attached hydrogens (tertiary/aromatic N) is 3. The molecular formula is C18H16N4. The third-order valence-electron chi connectivity index (χ3n) is 3.16. The number of hydrazone groups is 1. The van der Waals surface area contributed by atoms with E-state index in [1.165, 1.54) is 10.8 Å². The van der Waals surface area contributed by atoms with Crippen molar-refractivity contribution in [3.63, 3.8) is 0 Å². The first kappa shape index (κ1) is 13.9. The number of benzene rings is 3. The van der Waals surface area contributed by atoms with Gasteiger partial charge in [-0.15, -0.1) is 10.2 Å². The predicted molar refractivity (Wildman–Crippen MR) is 91.6 cm³/mol. The molecule has 0 aliphatic rings. The third-order valence-corrected chi connectivity index (χ3v) is 3.16. The van der Waals surface area contributed by atoms with Gasteiger partial charge in [-0.05, 0) is 42.0 Å². The first-order chi connectivity index (χ1) is 10.8. The van der Waals surface area contributed by atoms with Crippen LogP contribution in [0.1, 0.15) is 6.92 Å². The van der Waals surface area contributed by atoms with Crippen molar-refractivity contribution >= 4 is 28.0 Å². The first-order valence-corrected chi connectivity index (χ1v) is 7.07. The van der Waals surface area contributed by atoms with Crippen LogP contribution in [-0.2, 0) is 0 Å². The van der Waals surface area contributed by atoms with E-state index < -0.39 is 0 Å². The maximum atomic E-state index is 4.22. The summed E-state index contributed by atoms with van der Waals surface area (Å²) >= 11 is 0. The second-order valence-corrected chi connectivity index (χ2v) is 4.87. The summed E-state index contributed by atoms with van der Waals surface area (Å²) in [7, 11) is 0. The third kappa shape index (κ3) is 3.55. The average molecular weight is 288 g/mol. The quantitative estimate of drug-likeness (QED) is 0.299. The maximum absolute atomic E-state index is 4.22. The van der Waals surface area contributed by atoms with Crippen molar-refractivity contribution in [3.05, 3.63) is 72.8 Å². The molecule has 0 unspecified atom stereocenters. The number of nitrogens with one attached hydrogen (secondary N) is 1. The number of fused-ring (bicyclic) bond motifs is 1. The molecule has 0 radical (unpaired) electrons. The molecule has 1 N–H and O–H groups in total. The van der Waals surface area contributed by atoms with Crippen molar-refractivity contribution in [2.45, 2.75) is 6.92 Å². The Kier molecular flexibility index (Phi) is 4.20. The van der Waals surface area contributed by atoms with E-state index in [2.05, 4.69) is 45.0 Å². The predicted octanol–water partition coefficient (Wildman–Crippen LogP) is 5.37. The van der Waals surface area contributed by atoms with Crippen LogP contribution in [0.5, 0.6) is 0 Å². The van der Waals surface area contributed by atoms with Crippen molar-refractivity contribution < 1.29 is 0 Å². The van der Waals surface area contributed by atoms with Gasteiger partial charge in [0.1, 0.15) is 0 Å². The van der Waals surface area contributed by atoms with Gasteiger partial charge < -0.3 is 0 Å². The Morgan fingerprint density at radius 2 is 1.55 bits per heavy atom. The monoisotopic (exact) mass is 288 g/mol. The van der Waals surface area contributed by atoms with Gasteiger partial charge in [-0.25, -0.2) is 0 Å². The van der Waals surface area contributed by atoms with Crippen LogP contribution in [0.2, 0.25) is 0 Å². The minimum absolute atomic E-state index is 0.567. The number of anilines is 1. The molecule has 0 bridgehead atoms. The topological polar surface area (TPSA) is 49.1 Å². The van der Waals surface area contributed by atoms with Crippen LogP contribution >= 0.6 is 0 Å². The summed E-state index contributed by atoms with van der Waals surface area (Å²) in [6, 6.07) is 23.9. The van der Waals surface area contributed by atoms with Crippen molar-refractivity contribution in [3.8, 4) is 0 Å². The molecule has 0 spiro atoms. The fourth-order valence-corrected chi connectivity index (χ4v) is 2.05. The van der Waals surface area contributed by atoms with Gasteiger partial charge in [-0.1, -0.05) is 48.5 Å².